The molecule has 2 aliphatic rings. The highest BCUT2D eigenvalue weighted by Crippen LogP contribution is 2.31. The van der Waals surface area contributed by atoms with Crippen molar-refractivity contribution in [1.82, 2.24) is 4.90 Å². The van der Waals surface area contributed by atoms with Crippen molar-refractivity contribution in [1.29, 1.82) is 0 Å². The fraction of sp³-hybridized carbons (Fsp3) is 0.625. The van der Waals surface area contributed by atoms with E-state index in [1.54, 1.807) is 14.2 Å². The molecule has 116 valence electrons. The molecule has 2 fully saturated rings. The molecular weight excluding hydrogens is 268 g/mol. The molecule has 3 atom stereocenters. The monoisotopic (exact) mass is 292 g/mol. The Morgan fingerprint density at radius 2 is 1.95 bits per heavy atom. The van der Waals surface area contributed by atoms with E-state index in [0.717, 1.165) is 36.7 Å². The lowest BCUT2D eigenvalue weighted by Gasteiger charge is -2.34. The van der Waals surface area contributed by atoms with Crippen molar-refractivity contribution in [3.63, 3.8) is 0 Å². The van der Waals surface area contributed by atoms with E-state index in [-0.39, 0.29) is 6.04 Å². The minimum absolute atomic E-state index is 0.0902. The van der Waals surface area contributed by atoms with Gasteiger partial charge in [0, 0.05) is 31.2 Å². The number of nitrogens with zero attached hydrogens (tertiary/aromatic N) is 1. The van der Waals surface area contributed by atoms with E-state index in [1.165, 1.54) is 12.8 Å². The molecule has 5 nitrogen and oxygen atoms in total. The van der Waals surface area contributed by atoms with Crippen LogP contribution in [0.3, 0.4) is 0 Å². The topological polar surface area (TPSA) is 57.0 Å². The minimum Gasteiger partial charge on any atom is -0.497 e. The third-order valence-electron chi connectivity index (χ3n) is 4.41. The third kappa shape index (κ3) is 3.15. The lowest BCUT2D eigenvalue weighted by molar-refractivity contribution is -0.0397. The van der Waals surface area contributed by atoms with Crippen LogP contribution in [0.2, 0.25) is 0 Å². The highest BCUT2D eigenvalue weighted by atomic mass is 16.5. The van der Waals surface area contributed by atoms with Gasteiger partial charge in [-0.3, -0.25) is 4.90 Å². The first-order valence-corrected chi connectivity index (χ1v) is 7.55. The van der Waals surface area contributed by atoms with Gasteiger partial charge in [0.05, 0.1) is 26.4 Å². The number of likely N-dealkylation sites (tertiary alicyclic amines) is 1. The SMILES string of the molecule is COc1ccc(OC)c(C(N)CN2CC3CCC(C2)O3)c1. The maximum Gasteiger partial charge on any atom is 0.123 e. The summed E-state index contributed by atoms with van der Waals surface area (Å²) in [7, 11) is 3.34. The van der Waals surface area contributed by atoms with E-state index in [1.807, 2.05) is 18.2 Å². The van der Waals surface area contributed by atoms with Crippen LogP contribution in [-0.2, 0) is 4.74 Å². The minimum atomic E-state index is -0.0902. The van der Waals surface area contributed by atoms with E-state index in [2.05, 4.69) is 4.90 Å². The molecule has 0 aromatic heterocycles. The lowest BCUT2D eigenvalue weighted by atomic mass is 10.0. The number of nitrogens with two attached hydrogens (primary N) is 1. The van der Waals surface area contributed by atoms with Crippen LogP contribution >= 0.6 is 0 Å². The van der Waals surface area contributed by atoms with Crippen molar-refractivity contribution < 1.29 is 14.2 Å². The molecule has 5 heteroatoms. The Morgan fingerprint density at radius 1 is 1.24 bits per heavy atom. The van der Waals surface area contributed by atoms with Gasteiger partial charge in [-0.1, -0.05) is 0 Å². The van der Waals surface area contributed by atoms with Gasteiger partial charge >= 0.3 is 0 Å². The molecule has 2 bridgehead atoms. The number of fused-ring (bicyclic) bond motifs is 2. The number of methoxy groups -OCH3 is 2. The molecule has 0 amide bonds. The van der Waals surface area contributed by atoms with Gasteiger partial charge in [-0.2, -0.15) is 0 Å². The van der Waals surface area contributed by atoms with Crippen molar-refractivity contribution in [2.24, 2.45) is 5.73 Å². The molecule has 2 heterocycles. The summed E-state index contributed by atoms with van der Waals surface area (Å²) in [6.07, 6.45) is 3.14. The second-order valence-electron chi connectivity index (χ2n) is 5.89. The first kappa shape index (κ1) is 14.6. The lowest BCUT2D eigenvalue weighted by Crippen LogP contribution is -2.45. The normalized spacial score (nSPS) is 26.6. The average Bonchev–Trinajstić information content (AvgIpc) is 2.85. The first-order valence-electron chi connectivity index (χ1n) is 7.55. The summed E-state index contributed by atoms with van der Waals surface area (Å²) < 4.78 is 16.6. The van der Waals surface area contributed by atoms with Crippen molar-refractivity contribution >= 4 is 0 Å². The molecule has 1 aromatic rings. The molecule has 3 unspecified atom stereocenters. The summed E-state index contributed by atoms with van der Waals surface area (Å²) in [5.74, 6) is 1.63. The standard InChI is InChI=1S/C16H24N2O3/c1-19-11-5-6-16(20-2)14(7-11)15(17)10-18-8-12-3-4-13(9-18)21-12/h5-7,12-13,15H,3-4,8-10,17H2,1-2H3. The molecule has 0 aliphatic carbocycles. The fourth-order valence-electron chi connectivity index (χ4n) is 3.35. The highest BCUT2D eigenvalue weighted by Gasteiger charge is 2.34. The van der Waals surface area contributed by atoms with Crippen LogP contribution < -0.4 is 15.2 Å². The molecular formula is C16H24N2O3. The van der Waals surface area contributed by atoms with Crippen LogP contribution in [0.5, 0.6) is 11.5 Å². The summed E-state index contributed by atoms with van der Waals surface area (Å²) in [6, 6.07) is 5.69. The molecule has 2 N–H and O–H groups in total. The van der Waals surface area contributed by atoms with Crippen LogP contribution in [0, 0.1) is 0 Å². The Hall–Kier alpha value is -1.30. The predicted octanol–water partition coefficient (Wildman–Crippen LogP) is 1.57. The average molecular weight is 292 g/mol. The largest absolute Gasteiger partial charge is 0.497 e. The van der Waals surface area contributed by atoms with E-state index in [0.29, 0.717) is 12.2 Å². The molecule has 0 radical (unpaired) electrons. The zero-order valence-corrected chi connectivity index (χ0v) is 12.7. The van der Waals surface area contributed by atoms with Crippen molar-refractivity contribution in [3.05, 3.63) is 23.8 Å². The number of hydrogen-bond acceptors (Lipinski definition) is 5. The van der Waals surface area contributed by atoms with Crippen LogP contribution in [0.25, 0.3) is 0 Å². The van der Waals surface area contributed by atoms with Gasteiger partial charge in [-0.15, -0.1) is 0 Å². The summed E-state index contributed by atoms with van der Waals surface area (Å²) in [5, 5.41) is 0. The highest BCUT2D eigenvalue weighted by molar-refractivity contribution is 5.42. The van der Waals surface area contributed by atoms with Gasteiger partial charge in [0.15, 0.2) is 0 Å². The Balaban J connectivity index is 1.71. The fourth-order valence-corrected chi connectivity index (χ4v) is 3.35. The van der Waals surface area contributed by atoms with Crippen molar-refractivity contribution in [2.45, 2.75) is 31.1 Å². The molecule has 21 heavy (non-hydrogen) atoms. The quantitative estimate of drug-likeness (QED) is 0.892. The van der Waals surface area contributed by atoms with Gasteiger partial charge in [0.2, 0.25) is 0 Å². The maximum absolute atomic E-state index is 6.42. The Labute approximate surface area is 126 Å². The number of benzene rings is 1. The number of rotatable bonds is 5. The number of morpholine rings is 1. The van der Waals surface area contributed by atoms with E-state index in [9.17, 15) is 0 Å². The maximum atomic E-state index is 6.42. The molecule has 0 saturated carbocycles. The third-order valence-corrected chi connectivity index (χ3v) is 4.41. The molecule has 3 rings (SSSR count). The predicted molar refractivity (Wildman–Crippen MR) is 80.8 cm³/mol. The summed E-state index contributed by atoms with van der Waals surface area (Å²) in [5.41, 5.74) is 7.42. The molecule has 1 aromatic carbocycles. The van der Waals surface area contributed by atoms with Gasteiger partial charge in [-0.05, 0) is 31.0 Å². The Morgan fingerprint density at radius 3 is 2.57 bits per heavy atom. The molecule has 2 saturated heterocycles. The molecule has 0 spiro atoms. The molecule has 2 aliphatic heterocycles. The van der Waals surface area contributed by atoms with E-state index in [4.69, 9.17) is 19.9 Å². The number of ether oxygens (including phenoxy) is 3. The van der Waals surface area contributed by atoms with Gasteiger partial charge in [0.25, 0.3) is 0 Å². The number of hydrogen-bond donors (Lipinski definition) is 1. The van der Waals surface area contributed by atoms with Gasteiger partial charge in [-0.25, -0.2) is 0 Å². The smallest absolute Gasteiger partial charge is 0.123 e. The zero-order chi connectivity index (χ0) is 14.8. The first-order chi connectivity index (χ1) is 10.2. The van der Waals surface area contributed by atoms with Crippen LogP contribution in [0.1, 0.15) is 24.4 Å². The summed E-state index contributed by atoms with van der Waals surface area (Å²) in [4.78, 5) is 2.41. The second kappa shape index (κ2) is 6.22. The van der Waals surface area contributed by atoms with E-state index < -0.39 is 0 Å². The van der Waals surface area contributed by atoms with Gasteiger partial charge in [0.1, 0.15) is 11.5 Å². The van der Waals surface area contributed by atoms with E-state index >= 15 is 0 Å². The van der Waals surface area contributed by atoms with Gasteiger partial charge < -0.3 is 19.9 Å². The van der Waals surface area contributed by atoms with Crippen molar-refractivity contribution in [2.75, 3.05) is 33.9 Å². The summed E-state index contributed by atoms with van der Waals surface area (Å²) in [6.45, 7) is 2.78. The van der Waals surface area contributed by atoms with Crippen LogP contribution in [0.4, 0.5) is 0 Å². The Kier molecular flexibility index (Phi) is 4.33. The van der Waals surface area contributed by atoms with Crippen LogP contribution in [0.15, 0.2) is 18.2 Å². The summed E-state index contributed by atoms with van der Waals surface area (Å²) >= 11 is 0. The van der Waals surface area contributed by atoms with Crippen LogP contribution in [-0.4, -0.2) is 51.0 Å². The Bertz CT molecular complexity index is 482. The second-order valence-corrected chi connectivity index (χ2v) is 5.89. The van der Waals surface area contributed by atoms with Crippen molar-refractivity contribution in [3.8, 4) is 11.5 Å². The zero-order valence-electron chi connectivity index (χ0n) is 12.7.